The van der Waals surface area contributed by atoms with Crippen LogP contribution >= 0.6 is 7.26 Å². The largest absolute Gasteiger partial charge is 0.478 e. The van der Waals surface area contributed by atoms with Crippen molar-refractivity contribution in [3.05, 3.63) is 90.5 Å². The molecule has 0 radical (unpaired) electrons. The van der Waals surface area contributed by atoms with Gasteiger partial charge < -0.3 is 5.11 Å². The van der Waals surface area contributed by atoms with Gasteiger partial charge in [0, 0.05) is 0 Å². The van der Waals surface area contributed by atoms with Gasteiger partial charge in [0.1, 0.15) is 28.7 Å². The maximum absolute atomic E-state index is 11.9. The minimum absolute atomic E-state index is 0.403. The standard InChI is InChI=1S/C21H19O2P/c1-2-24(17-11-5-3-6-12-17,18-13-7-4-8-14-18)20-16-10-9-15-19(20)21(22)23/h3-16H,2H2,1H3/p+1. The van der Waals surface area contributed by atoms with Crippen LogP contribution in [0, 0.1) is 0 Å². The number of benzene rings is 3. The molecule has 0 atom stereocenters. The highest BCUT2D eigenvalue weighted by molar-refractivity contribution is 7.95. The third-order valence-electron chi connectivity index (χ3n) is 4.41. The first-order valence-corrected chi connectivity index (χ1v) is 9.99. The first-order valence-electron chi connectivity index (χ1n) is 8.02. The Kier molecular flexibility index (Phi) is 4.78. The van der Waals surface area contributed by atoms with Gasteiger partial charge in [-0.15, -0.1) is 0 Å². The number of hydrogen-bond donors (Lipinski definition) is 1. The highest BCUT2D eigenvalue weighted by Gasteiger charge is 2.45. The average molecular weight is 335 g/mol. The Morgan fingerprint density at radius 1 is 0.792 bits per heavy atom. The van der Waals surface area contributed by atoms with Crippen molar-refractivity contribution in [2.24, 2.45) is 0 Å². The topological polar surface area (TPSA) is 37.3 Å². The van der Waals surface area contributed by atoms with Crippen LogP contribution in [0.5, 0.6) is 0 Å². The molecule has 0 saturated carbocycles. The molecule has 24 heavy (non-hydrogen) atoms. The van der Waals surface area contributed by atoms with Crippen molar-refractivity contribution >= 4 is 29.1 Å². The van der Waals surface area contributed by atoms with Gasteiger partial charge in [-0.1, -0.05) is 48.5 Å². The fourth-order valence-corrected chi connectivity index (χ4v) is 7.52. The van der Waals surface area contributed by atoms with Crippen LogP contribution in [0.25, 0.3) is 0 Å². The molecule has 3 heteroatoms. The summed E-state index contributed by atoms with van der Waals surface area (Å²) in [5.74, 6) is -0.865. The van der Waals surface area contributed by atoms with Gasteiger partial charge in [-0.2, -0.15) is 0 Å². The smallest absolute Gasteiger partial charge is 0.339 e. The van der Waals surface area contributed by atoms with Crippen molar-refractivity contribution in [1.29, 1.82) is 0 Å². The van der Waals surface area contributed by atoms with Gasteiger partial charge in [-0.05, 0) is 43.3 Å². The van der Waals surface area contributed by atoms with E-state index in [1.54, 1.807) is 12.1 Å². The molecule has 1 N–H and O–H groups in total. The lowest BCUT2D eigenvalue weighted by Gasteiger charge is -2.27. The van der Waals surface area contributed by atoms with Crippen molar-refractivity contribution in [2.45, 2.75) is 6.92 Å². The second-order valence-corrected chi connectivity index (χ2v) is 9.39. The van der Waals surface area contributed by atoms with Crippen molar-refractivity contribution in [1.82, 2.24) is 0 Å². The third kappa shape index (κ3) is 2.74. The molecule has 0 amide bonds. The quantitative estimate of drug-likeness (QED) is 0.722. The zero-order chi connectivity index (χ0) is 17.0. The number of rotatable bonds is 5. The molecule has 0 unspecified atom stereocenters. The lowest BCUT2D eigenvalue weighted by atomic mass is 10.2. The normalized spacial score (nSPS) is 11.2. The number of carboxylic acids is 1. The van der Waals surface area contributed by atoms with E-state index in [4.69, 9.17) is 0 Å². The molecule has 0 aliphatic rings. The minimum atomic E-state index is -2.01. The second-order valence-electron chi connectivity index (χ2n) is 5.62. The van der Waals surface area contributed by atoms with E-state index in [9.17, 15) is 9.90 Å². The maximum Gasteiger partial charge on any atom is 0.339 e. The molecule has 0 heterocycles. The fraction of sp³-hybridized carbons (Fsp3) is 0.0952. The molecule has 2 nitrogen and oxygen atoms in total. The van der Waals surface area contributed by atoms with E-state index in [2.05, 4.69) is 31.2 Å². The SMILES string of the molecule is CC[P+](c1ccccc1)(c1ccccc1)c1ccccc1C(=O)O. The predicted molar refractivity (Wildman–Crippen MR) is 103 cm³/mol. The summed E-state index contributed by atoms with van der Waals surface area (Å²) in [7, 11) is -2.01. The monoisotopic (exact) mass is 335 g/mol. The molecule has 0 spiro atoms. The molecule has 0 fully saturated rings. The number of hydrogen-bond acceptors (Lipinski definition) is 1. The molecule has 0 aromatic heterocycles. The Hall–Kier alpha value is -2.44. The van der Waals surface area contributed by atoms with Gasteiger partial charge in [0.15, 0.2) is 0 Å². The third-order valence-corrected chi connectivity index (χ3v) is 8.93. The van der Waals surface area contributed by atoms with Gasteiger partial charge >= 0.3 is 5.97 Å². The Morgan fingerprint density at radius 3 is 1.71 bits per heavy atom. The highest BCUT2D eigenvalue weighted by atomic mass is 31.2. The van der Waals surface area contributed by atoms with Crippen molar-refractivity contribution in [3.63, 3.8) is 0 Å². The van der Waals surface area contributed by atoms with E-state index in [0.29, 0.717) is 5.56 Å². The molecular weight excluding hydrogens is 315 g/mol. The van der Waals surface area contributed by atoms with Crippen LogP contribution in [0.1, 0.15) is 17.3 Å². The average Bonchev–Trinajstić information content (AvgIpc) is 2.65. The zero-order valence-electron chi connectivity index (χ0n) is 13.6. The summed E-state index contributed by atoms with van der Waals surface area (Å²) in [6.45, 7) is 2.16. The van der Waals surface area contributed by atoms with Crippen LogP contribution in [0.2, 0.25) is 0 Å². The minimum Gasteiger partial charge on any atom is -0.478 e. The summed E-state index contributed by atoms with van der Waals surface area (Å²) in [4.78, 5) is 11.9. The Bertz CT molecular complexity index is 789. The van der Waals surface area contributed by atoms with Gasteiger partial charge in [0.2, 0.25) is 0 Å². The van der Waals surface area contributed by atoms with Gasteiger partial charge in [0.05, 0.1) is 6.16 Å². The highest BCUT2D eigenvalue weighted by Crippen LogP contribution is 2.55. The van der Waals surface area contributed by atoms with Crippen molar-refractivity contribution in [3.8, 4) is 0 Å². The van der Waals surface area contributed by atoms with Gasteiger partial charge in [-0.3, -0.25) is 0 Å². The Morgan fingerprint density at radius 2 is 1.25 bits per heavy atom. The summed E-state index contributed by atoms with van der Waals surface area (Å²) >= 11 is 0. The van der Waals surface area contributed by atoms with Crippen LogP contribution in [0.3, 0.4) is 0 Å². The Balaban J connectivity index is 2.38. The summed E-state index contributed by atoms with van der Waals surface area (Å²) in [6, 6.07) is 28.1. The zero-order valence-corrected chi connectivity index (χ0v) is 14.5. The number of aromatic carboxylic acids is 1. The van der Waals surface area contributed by atoms with E-state index < -0.39 is 13.2 Å². The molecule has 0 saturated heterocycles. The molecule has 3 rings (SSSR count). The maximum atomic E-state index is 11.9. The summed E-state index contributed by atoms with van der Waals surface area (Å²) in [6.07, 6.45) is 0.880. The van der Waals surface area contributed by atoms with Crippen molar-refractivity contribution < 1.29 is 9.90 Å². The summed E-state index contributed by atoms with van der Waals surface area (Å²) in [5.41, 5.74) is 0.403. The summed E-state index contributed by atoms with van der Waals surface area (Å²) < 4.78 is 0. The molecule has 0 aliphatic carbocycles. The lowest BCUT2D eigenvalue weighted by molar-refractivity contribution is 0.0698. The van der Waals surface area contributed by atoms with E-state index in [0.717, 1.165) is 11.5 Å². The first kappa shape index (κ1) is 16.4. The van der Waals surface area contributed by atoms with E-state index in [1.165, 1.54) is 10.6 Å². The van der Waals surface area contributed by atoms with Crippen LogP contribution in [0.15, 0.2) is 84.9 Å². The molecule has 3 aromatic carbocycles. The number of carbonyl (C=O) groups is 1. The fourth-order valence-electron chi connectivity index (χ4n) is 3.32. The van der Waals surface area contributed by atoms with E-state index >= 15 is 0 Å². The van der Waals surface area contributed by atoms with E-state index in [-0.39, 0.29) is 0 Å². The predicted octanol–water partition coefficient (Wildman–Crippen LogP) is 3.70. The Labute approximate surface area is 143 Å². The van der Waals surface area contributed by atoms with Crippen molar-refractivity contribution in [2.75, 3.05) is 6.16 Å². The molecule has 3 aromatic rings. The second kappa shape index (κ2) is 6.98. The molecular formula is C21H20O2P+. The van der Waals surface area contributed by atoms with Gasteiger partial charge in [0.25, 0.3) is 0 Å². The molecule has 120 valence electrons. The van der Waals surface area contributed by atoms with E-state index in [1.807, 2.05) is 48.5 Å². The summed E-state index contributed by atoms with van der Waals surface area (Å²) in [5, 5.41) is 13.1. The lowest BCUT2D eigenvalue weighted by Crippen LogP contribution is -2.35. The van der Waals surface area contributed by atoms with Crippen LogP contribution in [-0.2, 0) is 0 Å². The van der Waals surface area contributed by atoms with Crippen LogP contribution in [0.4, 0.5) is 0 Å². The van der Waals surface area contributed by atoms with Gasteiger partial charge in [-0.25, -0.2) is 4.79 Å². The van der Waals surface area contributed by atoms with Crippen LogP contribution in [-0.4, -0.2) is 17.2 Å². The molecule has 0 aliphatic heterocycles. The number of carboxylic acid groups (broad SMARTS) is 1. The molecule has 0 bridgehead atoms. The first-order chi connectivity index (χ1) is 11.7. The van der Waals surface area contributed by atoms with Crippen LogP contribution < -0.4 is 15.9 Å².